The van der Waals surface area contributed by atoms with E-state index in [2.05, 4.69) is 10.3 Å². The predicted molar refractivity (Wildman–Crippen MR) is 156 cm³/mol. The summed E-state index contributed by atoms with van der Waals surface area (Å²) in [5.41, 5.74) is -0.446. The number of aromatic nitrogens is 1. The van der Waals surface area contributed by atoms with Crippen LogP contribution in [0.5, 0.6) is 5.75 Å². The van der Waals surface area contributed by atoms with Crippen molar-refractivity contribution in [3.63, 3.8) is 0 Å². The predicted octanol–water partition coefficient (Wildman–Crippen LogP) is 5.92. The minimum atomic E-state index is -4.65. The molecule has 3 aromatic carbocycles. The molecule has 0 bridgehead atoms. The molecule has 6 rings (SSSR count). The van der Waals surface area contributed by atoms with Gasteiger partial charge in [0, 0.05) is 15.8 Å². The van der Waals surface area contributed by atoms with E-state index in [0.717, 1.165) is 40.1 Å². The Labute approximate surface area is 254 Å². The Balaban J connectivity index is 1.27. The van der Waals surface area contributed by atoms with Crippen LogP contribution in [0.3, 0.4) is 0 Å². The lowest BCUT2D eigenvalue weighted by molar-refractivity contribution is -0.137. The zero-order chi connectivity index (χ0) is 30.5. The van der Waals surface area contributed by atoms with Crippen molar-refractivity contribution in [2.45, 2.75) is 22.4 Å². The number of carbonyl (C=O) groups excluding carboxylic acids is 3. The fourth-order valence-electron chi connectivity index (χ4n) is 5.19. The van der Waals surface area contributed by atoms with Gasteiger partial charge in [-0.25, -0.2) is 4.90 Å². The average molecular weight is 646 g/mol. The highest BCUT2D eigenvalue weighted by Gasteiger charge is 2.56. The van der Waals surface area contributed by atoms with E-state index in [9.17, 15) is 32.3 Å². The molecule has 2 aliphatic heterocycles. The number of alkyl halides is 3. The molecule has 4 aromatic rings. The molecule has 220 valence electrons. The van der Waals surface area contributed by atoms with E-state index in [-0.39, 0.29) is 10.6 Å². The van der Waals surface area contributed by atoms with Crippen LogP contribution >= 0.6 is 34.7 Å². The highest BCUT2D eigenvalue weighted by atomic mass is 35.5. The van der Waals surface area contributed by atoms with Crippen LogP contribution in [0.1, 0.15) is 21.9 Å². The largest absolute Gasteiger partial charge is 0.484 e. The van der Waals surface area contributed by atoms with Crippen molar-refractivity contribution in [1.29, 1.82) is 0 Å². The van der Waals surface area contributed by atoms with E-state index in [1.54, 1.807) is 48.5 Å². The molecule has 0 aliphatic carbocycles. The molecule has 2 aliphatic rings. The molecule has 1 fully saturated rings. The normalized spacial score (nSPS) is 19.6. The smallest absolute Gasteiger partial charge is 0.418 e. The van der Waals surface area contributed by atoms with Crippen LogP contribution in [0.25, 0.3) is 0 Å². The van der Waals surface area contributed by atoms with E-state index in [0.29, 0.717) is 26.2 Å². The van der Waals surface area contributed by atoms with Crippen LogP contribution in [-0.2, 0) is 20.6 Å². The van der Waals surface area contributed by atoms with Gasteiger partial charge in [-0.2, -0.15) is 13.2 Å². The van der Waals surface area contributed by atoms with Gasteiger partial charge in [0.15, 0.2) is 6.61 Å². The third kappa shape index (κ3) is 5.55. The van der Waals surface area contributed by atoms with Gasteiger partial charge in [0.2, 0.25) is 11.8 Å². The van der Waals surface area contributed by atoms with E-state index < -0.39 is 58.8 Å². The number of fused-ring (bicyclic) bond motifs is 2. The summed E-state index contributed by atoms with van der Waals surface area (Å²) in [6.07, 6.45) is -4.65. The van der Waals surface area contributed by atoms with Crippen LogP contribution in [0, 0.1) is 5.92 Å². The molecule has 1 saturated heterocycles. The number of nitrogens with one attached hydrogen (secondary N) is 2. The first kappa shape index (κ1) is 29.0. The highest BCUT2D eigenvalue weighted by Crippen LogP contribution is 2.53. The summed E-state index contributed by atoms with van der Waals surface area (Å²) in [6, 6.07) is 17.4. The van der Waals surface area contributed by atoms with Crippen LogP contribution < -0.4 is 19.8 Å². The summed E-state index contributed by atoms with van der Waals surface area (Å²) in [6.45, 7) is -0.591. The molecule has 3 unspecified atom stereocenters. The first-order valence-electron chi connectivity index (χ1n) is 12.7. The fourth-order valence-corrected chi connectivity index (χ4v) is 7.83. The second kappa shape index (κ2) is 11.2. The summed E-state index contributed by atoms with van der Waals surface area (Å²) < 4.78 is 45.5. The molecule has 3 heterocycles. The van der Waals surface area contributed by atoms with Crippen molar-refractivity contribution in [3.05, 3.63) is 103 Å². The SMILES string of the molecule is O=C(COc1cccc(C2c3sc(=O)[nH]c3SC3C(=O)N(c4ccc(Cl)cc4)C(=O)C32)c1)Nc1ccccc1C(F)(F)F. The number of benzene rings is 3. The van der Waals surface area contributed by atoms with E-state index in [4.69, 9.17) is 16.3 Å². The van der Waals surface area contributed by atoms with E-state index in [1.165, 1.54) is 12.1 Å². The number of ether oxygens (including phenoxy) is 1. The highest BCUT2D eigenvalue weighted by molar-refractivity contribution is 8.00. The summed E-state index contributed by atoms with van der Waals surface area (Å²) in [4.78, 5) is 56.3. The van der Waals surface area contributed by atoms with Crippen LogP contribution in [0.2, 0.25) is 5.02 Å². The number of halogens is 4. The van der Waals surface area contributed by atoms with Crippen LogP contribution in [0.4, 0.5) is 24.5 Å². The standard InChI is InChI=1S/C29H19ClF3N3O5S2/c30-15-8-10-16(11-9-15)36-26(38)22-21(23-25(35-28(40)43-23)42-24(22)27(36)39)14-4-3-5-17(12-14)41-13-20(37)34-19-7-2-1-6-18(19)29(31,32)33/h1-12,21-22,24H,13H2,(H,34,37)(H,35,40). The Morgan fingerprint density at radius 3 is 2.49 bits per heavy atom. The van der Waals surface area contributed by atoms with Crippen molar-refractivity contribution in [2.24, 2.45) is 5.92 Å². The summed E-state index contributed by atoms with van der Waals surface area (Å²) in [5, 5.41) is 2.36. The molecule has 0 spiro atoms. The quantitative estimate of drug-likeness (QED) is 0.252. The molecule has 14 heteroatoms. The Morgan fingerprint density at radius 2 is 1.74 bits per heavy atom. The fraction of sp³-hybridized carbons (Fsp3) is 0.172. The molecule has 2 N–H and O–H groups in total. The zero-order valence-electron chi connectivity index (χ0n) is 21.7. The third-order valence-corrected chi connectivity index (χ3v) is 9.66. The molecular weight excluding hydrogens is 627 g/mol. The lowest BCUT2D eigenvalue weighted by Crippen LogP contribution is -2.32. The van der Waals surface area contributed by atoms with Crippen molar-refractivity contribution < 1.29 is 32.3 Å². The molecular formula is C29H19ClF3N3O5S2. The molecule has 43 heavy (non-hydrogen) atoms. The number of hydrogen-bond acceptors (Lipinski definition) is 7. The van der Waals surface area contributed by atoms with Gasteiger partial charge < -0.3 is 15.0 Å². The van der Waals surface area contributed by atoms with Crippen molar-refractivity contribution in [2.75, 3.05) is 16.8 Å². The Morgan fingerprint density at radius 1 is 1.00 bits per heavy atom. The number of para-hydroxylation sites is 1. The number of nitrogens with zero attached hydrogens (tertiary/aromatic N) is 1. The number of rotatable bonds is 6. The lowest BCUT2D eigenvalue weighted by atomic mass is 9.83. The number of aromatic amines is 1. The third-order valence-electron chi connectivity index (χ3n) is 7.00. The molecule has 3 amide bonds. The first-order chi connectivity index (χ1) is 20.5. The van der Waals surface area contributed by atoms with Crippen molar-refractivity contribution in [3.8, 4) is 5.75 Å². The molecule has 1 aromatic heterocycles. The zero-order valence-corrected chi connectivity index (χ0v) is 24.1. The van der Waals surface area contributed by atoms with Gasteiger partial charge in [0.05, 0.1) is 27.9 Å². The van der Waals surface area contributed by atoms with Gasteiger partial charge in [-0.05, 0) is 54.1 Å². The molecule has 8 nitrogen and oxygen atoms in total. The minimum Gasteiger partial charge on any atom is -0.484 e. The molecule has 3 atom stereocenters. The molecule has 0 radical (unpaired) electrons. The minimum absolute atomic E-state index is 0.210. The van der Waals surface area contributed by atoms with Crippen molar-refractivity contribution >= 4 is 63.8 Å². The number of anilines is 2. The number of thioether (sulfide) groups is 1. The van der Waals surface area contributed by atoms with Gasteiger partial charge in [-0.15, -0.1) is 0 Å². The first-order valence-corrected chi connectivity index (χ1v) is 14.8. The summed E-state index contributed by atoms with van der Waals surface area (Å²) in [7, 11) is 0. The second-order valence-electron chi connectivity index (χ2n) is 9.69. The monoisotopic (exact) mass is 645 g/mol. The van der Waals surface area contributed by atoms with Gasteiger partial charge >= 0.3 is 11.0 Å². The topological polar surface area (TPSA) is 109 Å². The number of amides is 3. The maximum Gasteiger partial charge on any atom is 0.418 e. The Kier molecular flexibility index (Phi) is 7.57. The van der Waals surface area contributed by atoms with E-state index in [1.807, 2.05) is 0 Å². The number of H-pyrrole nitrogens is 1. The van der Waals surface area contributed by atoms with Crippen molar-refractivity contribution in [1.82, 2.24) is 4.98 Å². The van der Waals surface area contributed by atoms with Gasteiger partial charge in [0.25, 0.3) is 5.91 Å². The Hall–Kier alpha value is -4.07. The van der Waals surface area contributed by atoms with Gasteiger partial charge in [0.1, 0.15) is 11.0 Å². The van der Waals surface area contributed by atoms with E-state index >= 15 is 0 Å². The maximum atomic E-state index is 13.8. The number of carbonyl (C=O) groups is 3. The van der Waals surface area contributed by atoms with Crippen LogP contribution in [0.15, 0.2) is 82.6 Å². The van der Waals surface area contributed by atoms with Crippen LogP contribution in [-0.4, -0.2) is 34.6 Å². The lowest BCUT2D eigenvalue weighted by Gasteiger charge is -2.30. The number of hydrogen-bond donors (Lipinski definition) is 2. The summed E-state index contributed by atoms with van der Waals surface area (Å²) in [5.74, 6) is -2.98. The summed E-state index contributed by atoms with van der Waals surface area (Å²) >= 11 is 8.08. The van der Waals surface area contributed by atoms with Gasteiger partial charge in [-0.3, -0.25) is 19.2 Å². The van der Waals surface area contributed by atoms with Gasteiger partial charge in [-0.1, -0.05) is 59.0 Å². The number of thiazole rings is 1. The molecule has 0 saturated carbocycles. The second-order valence-corrected chi connectivity index (χ2v) is 12.3. The average Bonchev–Trinajstić information content (AvgIpc) is 3.46. The maximum absolute atomic E-state index is 13.8. The Bertz CT molecular complexity index is 1810. The number of imide groups is 1.